The van der Waals surface area contributed by atoms with Crippen LogP contribution in [0.25, 0.3) is 0 Å². The first-order valence-electron chi connectivity index (χ1n) is 6.66. The topological polar surface area (TPSA) is 46.3 Å². The third-order valence-electron chi connectivity index (χ3n) is 3.86. The van der Waals surface area contributed by atoms with E-state index in [1.807, 2.05) is 6.92 Å². The second-order valence-corrected chi connectivity index (χ2v) is 5.24. The largest absolute Gasteiger partial charge is 0.409 e. The number of carbonyl (C=O) groups is 1. The van der Waals surface area contributed by atoms with Crippen LogP contribution in [0, 0.1) is 11.8 Å². The van der Waals surface area contributed by atoms with E-state index in [-0.39, 0.29) is 19.0 Å². The number of rotatable bonds is 3. The molecule has 0 aromatic heterocycles. The molecule has 0 aromatic rings. The van der Waals surface area contributed by atoms with Gasteiger partial charge in [0.15, 0.2) is 0 Å². The van der Waals surface area contributed by atoms with Crippen molar-refractivity contribution in [1.29, 1.82) is 0 Å². The highest BCUT2D eigenvalue weighted by atomic mass is 19.4. The lowest BCUT2D eigenvalue weighted by Crippen LogP contribution is -2.56. The third-order valence-corrected chi connectivity index (χ3v) is 3.86. The van der Waals surface area contributed by atoms with E-state index in [2.05, 4.69) is 0 Å². The molecule has 1 aliphatic heterocycles. The fourth-order valence-electron chi connectivity index (χ4n) is 2.65. The Morgan fingerprint density at radius 2 is 1.76 bits per heavy atom. The summed E-state index contributed by atoms with van der Waals surface area (Å²) in [4.78, 5) is 12.4. The number of carbonyl (C=O) groups excluding carboxylic acids is 1. The Balaban J connectivity index is 2.98. The number of piperidine rings is 1. The van der Waals surface area contributed by atoms with Gasteiger partial charge in [-0.3, -0.25) is 4.79 Å². The van der Waals surface area contributed by atoms with Gasteiger partial charge in [0.25, 0.3) is 0 Å². The first kappa shape index (κ1) is 18.1. The molecule has 1 fully saturated rings. The van der Waals surface area contributed by atoms with Crippen LogP contribution in [0.5, 0.6) is 0 Å². The molecule has 0 bridgehead atoms. The Hall–Kier alpha value is -0.990. The van der Waals surface area contributed by atoms with E-state index >= 15 is 0 Å². The molecule has 21 heavy (non-hydrogen) atoms. The molecule has 1 saturated heterocycles. The SMILES string of the molecule is CCC1CCN(C(=O)C(C(F)(F)F)C(F)(F)F)C(CN)C1. The molecule has 0 aliphatic carbocycles. The Bertz CT molecular complexity index is 354. The van der Waals surface area contributed by atoms with E-state index < -0.39 is 30.2 Å². The molecule has 1 amide bonds. The zero-order chi connectivity index (χ0) is 16.4. The smallest absolute Gasteiger partial charge is 0.338 e. The first-order chi connectivity index (χ1) is 9.52. The number of nitrogens with two attached hydrogens (primary N) is 1. The summed E-state index contributed by atoms with van der Waals surface area (Å²) in [6.45, 7) is 1.61. The second kappa shape index (κ2) is 6.41. The minimum Gasteiger partial charge on any atom is -0.338 e. The summed E-state index contributed by atoms with van der Waals surface area (Å²) in [5.74, 6) is -5.75. The van der Waals surface area contributed by atoms with Gasteiger partial charge in [-0.25, -0.2) is 0 Å². The lowest BCUT2D eigenvalue weighted by molar-refractivity contribution is -0.278. The van der Waals surface area contributed by atoms with Crippen LogP contribution in [-0.4, -0.2) is 42.3 Å². The Morgan fingerprint density at radius 3 is 2.14 bits per heavy atom. The fraction of sp³-hybridized carbons (Fsp3) is 0.917. The maximum atomic E-state index is 12.6. The Kier molecular flexibility index (Phi) is 5.51. The summed E-state index contributed by atoms with van der Waals surface area (Å²) >= 11 is 0. The van der Waals surface area contributed by atoms with Crippen molar-refractivity contribution in [2.45, 2.75) is 44.6 Å². The van der Waals surface area contributed by atoms with Gasteiger partial charge in [0.2, 0.25) is 11.8 Å². The predicted molar refractivity (Wildman–Crippen MR) is 63.2 cm³/mol. The molecular weight excluding hydrogens is 302 g/mol. The van der Waals surface area contributed by atoms with Crippen LogP contribution in [0.2, 0.25) is 0 Å². The second-order valence-electron chi connectivity index (χ2n) is 5.24. The molecule has 2 atom stereocenters. The normalized spacial score (nSPS) is 24.5. The monoisotopic (exact) mass is 320 g/mol. The summed E-state index contributed by atoms with van der Waals surface area (Å²) in [7, 11) is 0. The van der Waals surface area contributed by atoms with E-state index in [4.69, 9.17) is 5.73 Å². The van der Waals surface area contributed by atoms with Crippen LogP contribution in [0.15, 0.2) is 0 Å². The zero-order valence-corrected chi connectivity index (χ0v) is 11.5. The van der Waals surface area contributed by atoms with Crippen molar-refractivity contribution < 1.29 is 31.1 Å². The molecule has 124 valence electrons. The minimum absolute atomic E-state index is 0.123. The molecule has 0 aromatic carbocycles. The van der Waals surface area contributed by atoms with Gasteiger partial charge >= 0.3 is 12.4 Å². The predicted octanol–water partition coefficient (Wildman–Crippen LogP) is 2.70. The molecule has 2 N–H and O–H groups in total. The number of hydrogen-bond donors (Lipinski definition) is 1. The highest BCUT2D eigenvalue weighted by Crippen LogP contribution is 2.41. The molecule has 0 saturated carbocycles. The molecule has 1 aliphatic rings. The average molecular weight is 320 g/mol. The number of amides is 1. The maximum Gasteiger partial charge on any atom is 0.409 e. The summed E-state index contributed by atoms with van der Waals surface area (Å²) in [5.41, 5.74) is 5.41. The number of halogens is 6. The number of alkyl halides is 6. The van der Waals surface area contributed by atoms with Crippen molar-refractivity contribution in [2.24, 2.45) is 17.6 Å². The van der Waals surface area contributed by atoms with Gasteiger partial charge in [0, 0.05) is 19.1 Å². The van der Waals surface area contributed by atoms with E-state index in [0.29, 0.717) is 17.7 Å². The summed E-state index contributed by atoms with van der Waals surface area (Å²) in [6, 6.07) is -0.775. The van der Waals surface area contributed by atoms with Gasteiger partial charge in [-0.1, -0.05) is 13.3 Å². The van der Waals surface area contributed by atoms with Crippen LogP contribution in [-0.2, 0) is 4.79 Å². The minimum atomic E-state index is -5.66. The van der Waals surface area contributed by atoms with Gasteiger partial charge < -0.3 is 10.6 Å². The van der Waals surface area contributed by atoms with Crippen LogP contribution in [0.3, 0.4) is 0 Å². The molecule has 0 radical (unpaired) electrons. The van der Waals surface area contributed by atoms with Gasteiger partial charge in [0.05, 0.1) is 0 Å². The molecule has 1 rings (SSSR count). The third kappa shape index (κ3) is 4.24. The van der Waals surface area contributed by atoms with E-state index in [1.165, 1.54) is 0 Å². The lowest BCUT2D eigenvalue weighted by atomic mass is 9.88. The number of hydrogen-bond acceptors (Lipinski definition) is 2. The number of likely N-dealkylation sites (tertiary alicyclic amines) is 1. The van der Waals surface area contributed by atoms with Gasteiger partial charge in [-0.15, -0.1) is 0 Å². The van der Waals surface area contributed by atoms with E-state index in [9.17, 15) is 31.1 Å². The van der Waals surface area contributed by atoms with Gasteiger partial charge in [-0.2, -0.15) is 26.3 Å². The summed E-state index contributed by atoms with van der Waals surface area (Å²) in [6.07, 6.45) is -9.84. The maximum absolute atomic E-state index is 12.6. The van der Waals surface area contributed by atoms with Crippen LogP contribution in [0.1, 0.15) is 26.2 Å². The van der Waals surface area contributed by atoms with Crippen molar-refractivity contribution in [3.63, 3.8) is 0 Å². The molecule has 3 nitrogen and oxygen atoms in total. The van der Waals surface area contributed by atoms with Crippen LogP contribution in [0.4, 0.5) is 26.3 Å². The summed E-state index contributed by atoms with van der Waals surface area (Å²) in [5, 5.41) is 0. The van der Waals surface area contributed by atoms with Crippen molar-refractivity contribution in [2.75, 3.05) is 13.1 Å². The van der Waals surface area contributed by atoms with Crippen molar-refractivity contribution >= 4 is 5.91 Å². The van der Waals surface area contributed by atoms with Gasteiger partial charge in [0.1, 0.15) is 0 Å². The zero-order valence-electron chi connectivity index (χ0n) is 11.5. The standard InChI is InChI=1S/C12H18F6N2O/c1-2-7-3-4-20(8(5-7)6-19)10(21)9(11(13,14)15)12(16,17)18/h7-9H,2-6,19H2,1H3. The molecule has 0 spiro atoms. The van der Waals surface area contributed by atoms with E-state index in [1.54, 1.807) is 0 Å². The van der Waals surface area contributed by atoms with Crippen molar-refractivity contribution in [1.82, 2.24) is 4.90 Å². The van der Waals surface area contributed by atoms with Gasteiger partial charge in [-0.05, 0) is 18.8 Å². The highest BCUT2D eigenvalue weighted by Gasteiger charge is 2.62. The lowest BCUT2D eigenvalue weighted by Gasteiger charge is -2.40. The van der Waals surface area contributed by atoms with Crippen molar-refractivity contribution in [3.05, 3.63) is 0 Å². The molecular formula is C12H18F6N2O. The van der Waals surface area contributed by atoms with Crippen LogP contribution >= 0.6 is 0 Å². The van der Waals surface area contributed by atoms with E-state index in [0.717, 1.165) is 6.42 Å². The Labute approximate surface area is 118 Å². The quantitative estimate of drug-likeness (QED) is 0.813. The molecule has 9 heteroatoms. The average Bonchev–Trinajstić information content (AvgIpc) is 2.34. The van der Waals surface area contributed by atoms with Crippen molar-refractivity contribution in [3.8, 4) is 0 Å². The fourth-order valence-corrected chi connectivity index (χ4v) is 2.65. The summed E-state index contributed by atoms with van der Waals surface area (Å²) < 4.78 is 75.6. The molecule has 2 unspecified atom stereocenters. The first-order valence-corrected chi connectivity index (χ1v) is 6.66. The highest BCUT2D eigenvalue weighted by molar-refractivity contribution is 5.81. The Morgan fingerprint density at radius 1 is 1.24 bits per heavy atom. The molecule has 1 heterocycles. The van der Waals surface area contributed by atoms with Crippen LogP contribution < -0.4 is 5.73 Å². The number of nitrogens with zero attached hydrogens (tertiary/aromatic N) is 1.